The van der Waals surface area contributed by atoms with E-state index in [0.29, 0.717) is 31.1 Å². The largest absolute Gasteiger partial charge is 0.308 e. The van der Waals surface area contributed by atoms with Crippen molar-refractivity contribution in [3.8, 4) is 0 Å². The molecule has 180 valence electrons. The normalized spacial score (nSPS) is 16.7. The van der Waals surface area contributed by atoms with Crippen LogP contribution in [0, 0.1) is 5.92 Å². The molecule has 0 bridgehead atoms. The van der Waals surface area contributed by atoms with E-state index in [2.05, 4.69) is 43.1 Å². The number of nitrogens with one attached hydrogen (secondary N) is 1. The fourth-order valence-electron chi connectivity index (χ4n) is 4.41. The monoisotopic (exact) mass is 471 g/mol. The maximum absolute atomic E-state index is 12.9. The van der Waals surface area contributed by atoms with Crippen LogP contribution in [0.4, 0.5) is 0 Å². The number of hydrogen-bond donors (Lipinski definition) is 1. The lowest BCUT2D eigenvalue weighted by molar-refractivity contribution is 0.0986. The molecule has 0 aliphatic carbocycles. The van der Waals surface area contributed by atoms with Gasteiger partial charge in [0.05, 0.1) is 11.4 Å². The molecule has 7 heteroatoms. The fourth-order valence-corrected chi connectivity index (χ4v) is 5.88. The van der Waals surface area contributed by atoms with Gasteiger partial charge in [-0.3, -0.25) is 9.69 Å². The van der Waals surface area contributed by atoms with Gasteiger partial charge in [-0.25, -0.2) is 8.42 Å². The van der Waals surface area contributed by atoms with Gasteiger partial charge in [0.2, 0.25) is 10.0 Å². The molecule has 1 heterocycles. The van der Waals surface area contributed by atoms with E-state index < -0.39 is 10.0 Å². The summed E-state index contributed by atoms with van der Waals surface area (Å²) in [6.07, 6.45) is 1.78. The molecule has 1 fully saturated rings. The molecule has 33 heavy (non-hydrogen) atoms. The first-order valence-corrected chi connectivity index (χ1v) is 13.4. The quantitative estimate of drug-likeness (QED) is 0.503. The topological polar surface area (TPSA) is 69.7 Å². The van der Waals surface area contributed by atoms with Gasteiger partial charge < -0.3 is 5.32 Å². The second-order valence-electron chi connectivity index (χ2n) is 8.81. The summed E-state index contributed by atoms with van der Waals surface area (Å²) in [6, 6.07) is 16.9. The van der Waals surface area contributed by atoms with Crippen LogP contribution >= 0.6 is 0 Å². The first kappa shape index (κ1) is 25.6. The van der Waals surface area contributed by atoms with Crippen molar-refractivity contribution in [2.45, 2.75) is 44.6 Å². The minimum atomic E-state index is -3.50. The first-order chi connectivity index (χ1) is 15.9. The highest BCUT2D eigenvalue weighted by atomic mass is 32.2. The first-order valence-electron chi connectivity index (χ1n) is 12.0. The van der Waals surface area contributed by atoms with Crippen LogP contribution in [0.25, 0.3) is 0 Å². The minimum Gasteiger partial charge on any atom is -0.308 e. The number of sulfonamides is 1. The van der Waals surface area contributed by atoms with Crippen LogP contribution in [-0.2, 0) is 10.0 Å². The molecule has 0 aromatic heterocycles. The van der Waals surface area contributed by atoms with E-state index in [1.54, 1.807) is 28.6 Å². The van der Waals surface area contributed by atoms with Gasteiger partial charge in [0, 0.05) is 31.2 Å². The number of likely N-dealkylation sites (N-methyl/N-ethyl adjacent to an activating group) is 1. The zero-order chi connectivity index (χ0) is 23.8. The number of benzene rings is 2. The third kappa shape index (κ3) is 6.51. The Balaban J connectivity index is 1.60. The Morgan fingerprint density at radius 1 is 1.03 bits per heavy atom. The van der Waals surface area contributed by atoms with E-state index in [-0.39, 0.29) is 23.3 Å². The van der Waals surface area contributed by atoms with Crippen LogP contribution in [0.3, 0.4) is 0 Å². The van der Waals surface area contributed by atoms with E-state index in [9.17, 15) is 13.2 Å². The van der Waals surface area contributed by atoms with Gasteiger partial charge in [0.15, 0.2) is 5.78 Å². The average molecular weight is 472 g/mol. The van der Waals surface area contributed by atoms with Gasteiger partial charge in [-0.15, -0.1) is 0 Å². The maximum atomic E-state index is 12.9. The van der Waals surface area contributed by atoms with Gasteiger partial charge in [-0.2, -0.15) is 4.31 Å². The van der Waals surface area contributed by atoms with Crippen LogP contribution < -0.4 is 5.32 Å². The molecule has 2 aromatic rings. The number of Topliss-reactive ketones (excluding diaryl/α,β-unsaturated/α-hetero) is 1. The maximum Gasteiger partial charge on any atom is 0.243 e. The summed E-state index contributed by atoms with van der Waals surface area (Å²) in [5, 5.41) is 3.31. The smallest absolute Gasteiger partial charge is 0.243 e. The Labute approximate surface area is 199 Å². The molecule has 1 aliphatic heterocycles. The lowest BCUT2D eigenvalue weighted by Gasteiger charge is -2.30. The summed E-state index contributed by atoms with van der Waals surface area (Å²) in [5.74, 6) is 0.518. The Morgan fingerprint density at radius 3 is 2.21 bits per heavy atom. The highest BCUT2D eigenvalue weighted by molar-refractivity contribution is 7.89. The molecule has 1 N–H and O–H groups in total. The molecule has 0 amide bonds. The summed E-state index contributed by atoms with van der Waals surface area (Å²) in [4.78, 5) is 15.4. The van der Waals surface area contributed by atoms with Crippen LogP contribution in [0.15, 0.2) is 59.5 Å². The predicted octanol–water partition coefficient (Wildman–Crippen LogP) is 3.96. The molecule has 3 rings (SSSR count). The summed E-state index contributed by atoms with van der Waals surface area (Å²) < 4.78 is 27.4. The Morgan fingerprint density at radius 2 is 1.64 bits per heavy atom. The van der Waals surface area contributed by atoms with Crippen molar-refractivity contribution in [2.24, 2.45) is 5.92 Å². The van der Waals surface area contributed by atoms with Gasteiger partial charge in [-0.1, -0.05) is 63.2 Å². The van der Waals surface area contributed by atoms with E-state index in [0.717, 1.165) is 25.9 Å². The zero-order valence-electron chi connectivity index (χ0n) is 20.0. The fraction of sp³-hybridized carbons (Fsp3) is 0.500. The van der Waals surface area contributed by atoms with E-state index >= 15 is 0 Å². The van der Waals surface area contributed by atoms with Gasteiger partial charge >= 0.3 is 0 Å². The van der Waals surface area contributed by atoms with Crippen molar-refractivity contribution < 1.29 is 13.2 Å². The van der Waals surface area contributed by atoms with Crippen molar-refractivity contribution in [3.05, 3.63) is 65.7 Å². The SMILES string of the molecule is CCN(CC)C(CNCC(=O)c1ccc(S(=O)(=O)N2CCC(C)CC2)cc1)c1ccccc1. The van der Waals surface area contributed by atoms with Gasteiger partial charge in [-0.05, 0) is 49.5 Å². The average Bonchev–Trinajstić information content (AvgIpc) is 2.84. The van der Waals surface area contributed by atoms with Crippen LogP contribution in [-0.4, -0.2) is 62.7 Å². The number of carbonyl (C=O) groups is 1. The Bertz CT molecular complexity index is 981. The number of rotatable bonds is 11. The molecular weight excluding hydrogens is 434 g/mol. The predicted molar refractivity (Wildman–Crippen MR) is 133 cm³/mol. The molecule has 0 saturated carbocycles. The zero-order valence-corrected chi connectivity index (χ0v) is 20.9. The van der Waals surface area contributed by atoms with Crippen molar-refractivity contribution in [3.63, 3.8) is 0 Å². The summed E-state index contributed by atoms with van der Waals surface area (Å²) in [6.45, 7) is 10.3. The highest BCUT2D eigenvalue weighted by Crippen LogP contribution is 2.24. The molecule has 0 radical (unpaired) electrons. The van der Waals surface area contributed by atoms with Gasteiger partial charge in [0.25, 0.3) is 0 Å². The van der Waals surface area contributed by atoms with Crippen LogP contribution in [0.5, 0.6) is 0 Å². The van der Waals surface area contributed by atoms with Crippen molar-refractivity contribution >= 4 is 15.8 Å². The lowest BCUT2D eigenvalue weighted by Crippen LogP contribution is -2.38. The Hall–Kier alpha value is -2.06. The van der Waals surface area contributed by atoms with Crippen LogP contribution in [0.2, 0.25) is 0 Å². The minimum absolute atomic E-state index is 0.0443. The molecule has 2 aromatic carbocycles. The second-order valence-corrected chi connectivity index (χ2v) is 10.8. The van der Waals surface area contributed by atoms with Crippen molar-refractivity contribution in [1.29, 1.82) is 0 Å². The third-order valence-electron chi connectivity index (χ3n) is 6.62. The summed E-state index contributed by atoms with van der Waals surface area (Å²) in [7, 11) is -3.50. The van der Waals surface area contributed by atoms with Crippen molar-refractivity contribution in [1.82, 2.24) is 14.5 Å². The third-order valence-corrected chi connectivity index (χ3v) is 8.53. The molecule has 1 unspecified atom stereocenters. The number of piperidine rings is 1. The standard InChI is InChI=1S/C26H37N3O3S/c1-4-28(5-2)25(22-9-7-6-8-10-22)19-27-20-26(30)23-11-13-24(14-12-23)33(31,32)29-17-15-21(3)16-18-29/h6-14,21,25,27H,4-5,15-20H2,1-3H3. The molecule has 6 nitrogen and oxygen atoms in total. The number of ketones is 1. The molecule has 1 aliphatic rings. The van der Waals surface area contributed by atoms with Crippen molar-refractivity contribution in [2.75, 3.05) is 39.3 Å². The Kier molecular flexibility index (Phi) is 9.20. The lowest BCUT2D eigenvalue weighted by atomic mass is 10.0. The molecule has 0 spiro atoms. The second kappa shape index (κ2) is 11.9. The van der Waals surface area contributed by atoms with E-state index in [1.807, 2.05) is 18.2 Å². The molecule has 1 saturated heterocycles. The number of hydrogen-bond acceptors (Lipinski definition) is 5. The number of nitrogens with zero attached hydrogens (tertiary/aromatic N) is 2. The highest BCUT2D eigenvalue weighted by Gasteiger charge is 2.28. The van der Waals surface area contributed by atoms with Gasteiger partial charge in [0.1, 0.15) is 0 Å². The van der Waals surface area contributed by atoms with E-state index in [1.165, 1.54) is 5.56 Å². The van der Waals surface area contributed by atoms with Crippen LogP contribution in [0.1, 0.15) is 55.6 Å². The summed E-state index contributed by atoms with van der Waals surface area (Å²) >= 11 is 0. The van der Waals surface area contributed by atoms with E-state index in [4.69, 9.17) is 0 Å². The molecular formula is C26H37N3O3S. The number of carbonyl (C=O) groups excluding carboxylic acids is 1. The molecule has 1 atom stereocenters. The summed E-state index contributed by atoms with van der Waals surface area (Å²) in [5.41, 5.74) is 1.75.